The predicted octanol–water partition coefficient (Wildman–Crippen LogP) is 2.99. The lowest BCUT2D eigenvalue weighted by Gasteiger charge is -2.13. The molecule has 3 aromatic rings. The monoisotopic (exact) mass is 349 g/mol. The van der Waals surface area contributed by atoms with Gasteiger partial charge in [0.25, 0.3) is 0 Å². The Labute approximate surface area is 151 Å². The number of hydrogen-bond acceptors (Lipinski definition) is 5. The zero-order chi connectivity index (χ0) is 17.8. The zero-order valence-corrected chi connectivity index (χ0v) is 14.2. The van der Waals surface area contributed by atoms with Crippen LogP contribution in [0, 0.1) is 5.92 Å². The fourth-order valence-electron chi connectivity index (χ4n) is 3.07. The third-order valence-electron chi connectivity index (χ3n) is 4.46. The van der Waals surface area contributed by atoms with E-state index in [1.54, 1.807) is 12.3 Å². The quantitative estimate of drug-likeness (QED) is 0.783. The maximum Gasteiger partial charge on any atom is 0.223 e. The summed E-state index contributed by atoms with van der Waals surface area (Å²) in [4.78, 5) is 16.8. The highest BCUT2D eigenvalue weighted by Gasteiger charge is 2.23. The Hall–Kier alpha value is -3.15. The van der Waals surface area contributed by atoms with Crippen molar-refractivity contribution in [2.45, 2.75) is 19.4 Å². The van der Waals surface area contributed by atoms with Crippen molar-refractivity contribution in [3.63, 3.8) is 0 Å². The van der Waals surface area contributed by atoms with E-state index in [0.29, 0.717) is 37.4 Å². The molecule has 0 saturated carbocycles. The molecular weight excluding hydrogens is 330 g/mol. The fourth-order valence-corrected chi connectivity index (χ4v) is 3.07. The van der Waals surface area contributed by atoms with Gasteiger partial charge in [-0.25, -0.2) is 0 Å². The molecule has 3 heterocycles. The summed E-state index contributed by atoms with van der Waals surface area (Å²) in [7, 11) is 0. The molecule has 0 aliphatic carbocycles. The van der Waals surface area contributed by atoms with Crippen molar-refractivity contribution in [3.8, 4) is 17.1 Å². The number of nitrogens with zero attached hydrogens (tertiary/aromatic N) is 2. The van der Waals surface area contributed by atoms with Crippen LogP contribution in [-0.4, -0.2) is 22.7 Å². The second-order valence-electron chi connectivity index (χ2n) is 6.26. The molecule has 0 radical (unpaired) electrons. The number of carbonyl (C=O) groups is 1. The van der Waals surface area contributed by atoms with E-state index in [-0.39, 0.29) is 11.8 Å². The molecule has 1 aliphatic heterocycles. The summed E-state index contributed by atoms with van der Waals surface area (Å²) < 4.78 is 11.0. The Kier molecular flexibility index (Phi) is 4.64. The topological polar surface area (TPSA) is 77.3 Å². The average molecular weight is 349 g/mol. The summed E-state index contributed by atoms with van der Waals surface area (Å²) in [6.45, 7) is 0.846. The number of benzene rings is 1. The first kappa shape index (κ1) is 16.3. The van der Waals surface area contributed by atoms with Gasteiger partial charge >= 0.3 is 0 Å². The first-order chi connectivity index (χ1) is 12.8. The molecule has 6 heteroatoms. The molecule has 0 bridgehead atoms. The second-order valence-corrected chi connectivity index (χ2v) is 6.26. The number of para-hydroxylation sites is 1. The van der Waals surface area contributed by atoms with Gasteiger partial charge in [0.2, 0.25) is 5.91 Å². The van der Waals surface area contributed by atoms with E-state index in [4.69, 9.17) is 9.26 Å². The van der Waals surface area contributed by atoms with Crippen LogP contribution >= 0.6 is 0 Å². The Balaban J connectivity index is 1.38. The van der Waals surface area contributed by atoms with E-state index in [2.05, 4.69) is 15.5 Å². The van der Waals surface area contributed by atoms with Crippen molar-refractivity contribution in [3.05, 3.63) is 66.1 Å². The van der Waals surface area contributed by atoms with Crippen molar-refractivity contribution in [1.29, 1.82) is 0 Å². The van der Waals surface area contributed by atoms with Gasteiger partial charge in [-0.3, -0.25) is 9.78 Å². The van der Waals surface area contributed by atoms with Gasteiger partial charge in [0, 0.05) is 18.2 Å². The van der Waals surface area contributed by atoms with E-state index in [1.807, 2.05) is 42.5 Å². The standard InChI is InChI=1S/C20H19N3O3/c24-20(15-8-10-25-19-7-2-1-5-14(19)11-15)22-13-16-12-18(23-26-16)17-6-3-4-9-21-17/h1-7,9,12,15H,8,10-11,13H2,(H,22,24)/t15-/m0/s1. The lowest BCUT2D eigenvalue weighted by molar-refractivity contribution is -0.125. The van der Waals surface area contributed by atoms with Gasteiger partial charge in [-0.1, -0.05) is 29.4 Å². The van der Waals surface area contributed by atoms with Crippen LogP contribution in [0.2, 0.25) is 0 Å². The summed E-state index contributed by atoms with van der Waals surface area (Å²) in [5.41, 5.74) is 2.47. The molecule has 1 aliphatic rings. The van der Waals surface area contributed by atoms with Gasteiger partial charge in [-0.15, -0.1) is 0 Å². The molecule has 132 valence electrons. The van der Waals surface area contributed by atoms with E-state index >= 15 is 0 Å². The number of nitrogens with one attached hydrogen (secondary N) is 1. The molecule has 26 heavy (non-hydrogen) atoms. The van der Waals surface area contributed by atoms with E-state index in [1.165, 1.54) is 0 Å². The van der Waals surface area contributed by atoms with Crippen molar-refractivity contribution >= 4 is 5.91 Å². The van der Waals surface area contributed by atoms with Gasteiger partial charge in [0.1, 0.15) is 11.4 Å². The van der Waals surface area contributed by atoms with Crippen molar-refractivity contribution < 1.29 is 14.1 Å². The summed E-state index contributed by atoms with van der Waals surface area (Å²) >= 11 is 0. The van der Waals surface area contributed by atoms with Crippen LogP contribution in [0.1, 0.15) is 17.7 Å². The molecule has 1 atom stereocenters. The molecule has 0 fully saturated rings. The van der Waals surface area contributed by atoms with Crippen LogP contribution in [0.25, 0.3) is 11.4 Å². The first-order valence-electron chi connectivity index (χ1n) is 8.65. The molecule has 2 aromatic heterocycles. The van der Waals surface area contributed by atoms with Gasteiger partial charge < -0.3 is 14.6 Å². The second kappa shape index (κ2) is 7.39. The number of ether oxygens (including phenoxy) is 1. The fraction of sp³-hybridized carbons (Fsp3) is 0.250. The number of hydrogen-bond donors (Lipinski definition) is 1. The molecule has 0 spiro atoms. The largest absolute Gasteiger partial charge is 0.493 e. The minimum atomic E-state index is -0.114. The Morgan fingerprint density at radius 3 is 2.92 bits per heavy atom. The van der Waals surface area contributed by atoms with Crippen LogP contribution in [0.4, 0.5) is 0 Å². The number of fused-ring (bicyclic) bond motifs is 1. The van der Waals surface area contributed by atoms with Crippen LogP contribution in [0.5, 0.6) is 5.75 Å². The highest BCUT2D eigenvalue weighted by atomic mass is 16.5. The van der Waals surface area contributed by atoms with Crippen LogP contribution in [-0.2, 0) is 17.8 Å². The Morgan fingerprint density at radius 2 is 2.04 bits per heavy atom. The molecule has 0 saturated heterocycles. The van der Waals surface area contributed by atoms with E-state index in [0.717, 1.165) is 17.0 Å². The van der Waals surface area contributed by atoms with Gasteiger partial charge in [0.05, 0.1) is 18.8 Å². The lowest BCUT2D eigenvalue weighted by atomic mass is 9.96. The van der Waals surface area contributed by atoms with Crippen LogP contribution in [0.3, 0.4) is 0 Å². The SMILES string of the molecule is O=C(NCc1cc(-c2ccccn2)no1)[C@H]1CCOc2ccccc2C1. The number of aromatic nitrogens is 2. The Bertz CT molecular complexity index is 892. The van der Waals surface area contributed by atoms with Gasteiger partial charge in [-0.05, 0) is 36.6 Å². The highest BCUT2D eigenvalue weighted by molar-refractivity contribution is 5.79. The van der Waals surface area contributed by atoms with E-state index in [9.17, 15) is 4.79 Å². The molecule has 1 aromatic carbocycles. The van der Waals surface area contributed by atoms with Crippen molar-refractivity contribution in [2.24, 2.45) is 5.92 Å². The van der Waals surface area contributed by atoms with E-state index < -0.39 is 0 Å². The van der Waals surface area contributed by atoms with Crippen molar-refractivity contribution in [1.82, 2.24) is 15.5 Å². The number of pyridine rings is 1. The van der Waals surface area contributed by atoms with Gasteiger partial charge in [0.15, 0.2) is 5.76 Å². The molecule has 4 rings (SSSR count). The lowest BCUT2D eigenvalue weighted by Crippen LogP contribution is -2.31. The minimum Gasteiger partial charge on any atom is -0.493 e. The van der Waals surface area contributed by atoms with Crippen molar-refractivity contribution in [2.75, 3.05) is 6.61 Å². The van der Waals surface area contributed by atoms with Gasteiger partial charge in [-0.2, -0.15) is 0 Å². The third kappa shape index (κ3) is 3.59. The highest BCUT2D eigenvalue weighted by Crippen LogP contribution is 2.26. The Morgan fingerprint density at radius 1 is 1.15 bits per heavy atom. The van der Waals surface area contributed by atoms with Crippen LogP contribution < -0.4 is 10.1 Å². The zero-order valence-electron chi connectivity index (χ0n) is 14.2. The van der Waals surface area contributed by atoms with Crippen LogP contribution in [0.15, 0.2) is 59.3 Å². The number of rotatable bonds is 4. The number of amides is 1. The maximum atomic E-state index is 12.6. The molecular formula is C20H19N3O3. The predicted molar refractivity (Wildman–Crippen MR) is 95.3 cm³/mol. The molecule has 1 N–H and O–H groups in total. The molecule has 1 amide bonds. The minimum absolute atomic E-state index is 0.00101. The number of carbonyl (C=O) groups excluding carboxylic acids is 1. The summed E-state index contributed by atoms with van der Waals surface area (Å²) in [6, 6.07) is 15.3. The maximum absolute atomic E-state index is 12.6. The average Bonchev–Trinajstić information content (AvgIpc) is 3.05. The summed E-state index contributed by atoms with van der Waals surface area (Å²) in [6.07, 6.45) is 3.07. The molecule has 6 nitrogen and oxygen atoms in total. The first-order valence-corrected chi connectivity index (χ1v) is 8.65. The normalized spacial score (nSPS) is 16.2. The summed E-state index contributed by atoms with van der Waals surface area (Å²) in [5, 5.41) is 6.96. The molecule has 0 unspecified atom stereocenters. The smallest absolute Gasteiger partial charge is 0.223 e. The third-order valence-corrected chi connectivity index (χ3v) is 4.46. The summed E-state index contributed by atoms with van der Waals surface area (Å²) in [5.74, 6) is 1.36.